The first-order chi connectivity index (χ1) is 8.88. The summed E-state index contributed by atoms with van der Waals surface area (Å²) in [5.74, 6) is -1.61. The Balaban J connectivity index is 2.33. The van der Waals surface area contributed by atoms with Crippen molar-refractivity contribution in [3.63, 3.8) is 0 Å². The van der Waals surface area contributed by atoms with E-state index in [-0.39, 0.29) is 15.7 Å². The molecule has 100 valence electrons. The van der Waals surface area contributed by atoms with Gasteiger partial charge in [0, 0.05) is 0 Å². The third kappa shape index (κ3) is 3.30. The zero-order valence-electron chi connectivity index (χ0n) is 9.61. The summed E-state index contributed by atoms with van der Waals surface area (Å²) in [7, 11) is -3.69. The zero-order valence-corrected chi connectivity index (χ0v) is 11.2. The summed E-state index contributed by atoms with van der Waals surface area (Å²) in [6, 6.07) is 8.40. The Kier molecular flexibility index (Phi) is 3.87. The van der Waals surface area contributed by atoms with Crippen LogP contribution in [0.25, 0.3) is 0 Å². The molecule has 0 saturated carbocycles. The molecule has 0 bridgehead atoms. The van der Waals surface area contributed by atoms with E-state index in [1.165, 1.54) is 24.3 Å². The number of hydrogen-bond acceptors (Lipinski definition) is 2. The van der Waals surface area contributed by atoms with Crippen LogP contribution in [0, 0.1) is 11.6 Å². The van der Waals surface area contributed by atoms with Crippen LogP contribution >= 0.6 is 11.6 Å². The number of halogens is 3. The fourth-order valence-electron chi connectivity index (χ4n) is 1.59. The molecule has 2 aromatic carbocycles. The van der Waals surface area contributed by atoms with Crippen LogP contribution in [-0.4, -0.2) is 8.42 Å². The predicted molar refractivity (Wildman–Crippen MR) is 68.7 cm³/mol. The van der Waals surface area contributed by atoms with Gasteiger partial charge in [-0.05, 0) is 35.9 Å². The average Bonchev–Trinajstić information content (AvgIpc) is 2.33. The van der Waals surface area contributed by atoms with Crippen molar-refractivity contribution in [1.82, 2.24) is 0 Å². The lowest BCUT2D eigenvalue weighted by Gasteiger charge is -2.05. The molecule has 6 heteroatoms. The number of rotatable bonds is 3. The molecule has 0 fully saturated rings. The minimum atomic E-state index is -3.69. The fourth-order valence-corrected chi connectivity index (χ4v) is 3.16. The van der Waals surface area contributed by atoms with Crippen LogP contribution in [0.15, 0.2) is 47.4 Å². The van der Waals surface area contributed by atoms with Gasteiger partial charge in [0.05, 0.1) is 15.7 Å². The Morgan fingerprint density at radius 1 is 1.05 bits per heavy atom. The Hall–Kier alpha value is -1.46. The van der Waals surface area contributed by atoms with E-state index in [1.54, 1.807) is 0 Å². The first-order valence-electron chi connectivity index (χ1n) is 5.31. The van der Waals surface area contributed by atoms with Crippen molar-refractivity contribution >= 4 is 21.4 Å². The average molecular weight is 303 g/mol. The van der Waals surface area contributed by atoms with Crippen LogP contribution < -0.4 is 0 Å². The highest BCUT2D eigenvalue weighted by Crippen LogP contribution is 2.21. The molecule has 0 saturated heterocycles. The van der Waals surface area contributed by atoms with Crippen LogP contribution in [0.2, 0.25) is 5.02 Å². The Morgan fingerprint density at radius 3 is 2.42 bits per heavy atom. The smallest absolute Gasteiger partial charge is 0.182 e. The van der Waals surface area contributed by atoms with Crippen molar-refractivity contribution in [2.45, 2.75) is 10.6 Å². The molecule has 2 rings (SSSR count). The maximum absolute atomic E-state index is 13.0. The number of sulfone groups is 1. The molecule has 2 aromatic rings. The van der Waals surface area contributed by atoms with Crippen molar-refractivity contribution in [1.29, 1.82) is 0 Å². The molecular weight excluding hydrogens is 294 g/mol. The quantitative estimate of drug-likeness (QED) is 0.868. The molecule has 0 heterocycles. The van der Waals surface area contributed by atoms with Crippen molar-refractivity contribution in [2.75, 3.05) is 0 Å². The SMILES string of the molecule is O=S(=O)(Cc1ccc(F)c(Cl)c1)c1cccc(F)c1. The highest BCUT2D eigenvalue weighted by Gasteiger charge is 2.16. The van der Waals surface area contributed by atoms with E-state index >= 15 is 0 Å². The second kappa shape index (κ2) is 5.27. The van der Waals surface area contributed by atoms with Gasteiger partial charge in [0.1, 0.15) is 11.6 Å². The second-order valence-corrected chi connectivity index (χ2v) is 6.36. The first-order valence-corrected chi connectivity index (χ1v) is 7.34. The monoisotopic (exact) mass is 302 g/mol. The zero-order chi connectivity index (χ0) is 14.0. The van der Waals surface area contributed by atoms with Crippen LogP contribution in [-0.2, 0) is 15.6 Å². The number of hydrogen-bond donors (Lipinski definition) is 0. The molecule has 0 aromatic heterocycles. The highest BCUT2D eigenvalue weighted by molar-refractivity contribution is 7.90. The molecule has 19 heavy (non-hydrogen) atoms. The predicted octanol–water partition coefficient (Wildman–Crippen LogP) is 3.59. The summed E-state index contributed by atoms with van der Waals surface area (Å²) in [6.07, 6.45) is 0. The van der Waals surface area contributed by atoms with E-state index in [2.05, 4.69) is 0 Å². The minimum Gasteiger partial charge on any atom is -0.223 e. The van der Waals surface area contributed by atoms with Gasteiger partial charge in [-0.15, -0.1) is 0 Å². The minimum absolute atomic E-state index is 0.118. The molecule has 2 nitrogen and oxygen atoms in total. The van der Waals surface area contributed by atoms with Crippen molar-refractivity contribution in [2.24, 2.45) is 0 Å². The van der Waals surface area contributed by atoms with E-state index in [0.29, 0.717) is 5.56 Å². The summed E-state index contributed by atoms with van der Waals surface area (Å²) in [5.41, 5.74) is 0.343. The van der Waals surface area contributed by atoms with Crippen LogP contribution in [0.1, 0.15) is 5.56 Å². The normalized spacial score (nSPS) is 11.5. The largest absolute Gasteiger partial charge is 0.223 e. The molecule has 0 aliphatic rings. The lowest BCUT2D eigenvalue weighted by Crippen LogP contribution is -2.05. The van der Waals surface area contributed by atoms with E-state index in [9.17, 15) is 17.2 Å². The fraction of sp³-hybridized carbons (Fsp3) is 0.0769. The molecule has 0 spiro atoms. The lowest BCUT2D eigenvalue weighted by molar-refractivity contribution is 0.589. The van der Waals surface area contributed by atoms with Crippen LogP contribution in [0.4, 0.5) is 8.78 Å². The van der Waals surface area contributed by atoms with Gasteiger partial charge in [-0.1, -0.05) is 23.7 Å². The summed E-state index contributed by atoms with van der Waals surface area (Å²) in [4.78, 5) is -0.118. The van der Waals surface area contributed by atoms with E-state index in [1.807, 2.05) is 0 Å². The van der Waals surface area contributed by atoms with Gasteiger partial charge in [0.2, 0.25) is 0 Å². The third-order valence-corrected chi connectivity index (χ3v) is 4.47. The molecular formula is C13H9ClF2O2S. The summed E-state index contributed by atoms with van der Waals surface area (Å²) < 4.78 is 50.1. The van der Waals surface area contributed by atoms with Gasteiger partial charge in [-0.2, -0.15) is 0 Å². The highest BCUT2D eigenvalue weighted by atomic mass is 35.5. The maximum Gasteiger partial charge on any atom is 0.182 e. The molecule has 0 amide bonds. The van der Waals surface area contributed by atoms with Crippen LogP contribution in [0.5, 0.6) is 0 Å². The molecule has 0 N–H and O–H groups in total. The van der Waals surface area contributed by atoms with Crippen molar-refractivity contribution in [3.8, 4) is 0 Å². The van der Waals surface area contributed by atoms with Crippen LogP contribution in [0.3, 0.4) is 0 Å². The van der Waals surface area contributed by atoms with E-state index < -0.39 is 21.5 Å². The van der Waals surface area contributed by atoms with E-state index in [0.717, 1.165) is 18.2 Å². The number of benzene rings is 2. The molecule has 0 radical (unpaired) electrons. The van der Waals surface area contributed by atoms with E-state index in [4.69, 9.17) is 11.6 Å². The third-order valence-electron chi connectivity index (χ3n) is 2.50. The second-order valence-electron chi connectivity index (χ2n) is 3.96. The van der Waals surface area contributed by atoms with Gasteiger partial charge in [-0.3, -0.25) is 0 Å². The Bertz CT molecular complexity index is 714. The van der Waals surface area contributed by atoms with Gasteiger partial charge in [0.15, 0.2) is 9.84 Å². The first kappa shape index (κ1) is 14.0. The molecule has 0 aliphatic carbocycles. The van der Waals surface area contributed by atoms with Gasteiger partial charge in [0.25, 0.3) is 0 Å². The topological polar surface area (TPSA) is 34.1 Å². The van der Waals surface area contributed by atoms with Gasteiger partial charge in [-0.25, -0.2) is 17.2 Å². The molecule has 0 unspecified atom stereocenters. The lowest BCUT2D eigenvalue weighted by atomic mass is 10.2. The molecule has 0 aliphatic heterocycles. The van der Waals surface area contributed by atoms with Crippen molar-refractivity contribution < 1.29 is 17.2 Å². The van der Waals surface area contributed by atoms with Gasteiger partial charge < -0.3 is 0 Å². The maximum atomic E-state index is 13.0. The summed E-state index contributed by atoms with van der Waals surface area (Å²) >= 11 is 5.58. The van der Waals surface area contributed by atoms with Gasteiger partial charge >= 0.3 is 0 Å². The Labute approximate surface area is 114 Å². The standard InChI is InChI=1S/C13H9ClF2O2S/c14-12-6-9(4-5-13(12)16)8-19(17,18)11-3-1-2-10(15)7-11/h1-7H,8H2. The van der Waals surface area contributed by atoms with Crippen molar-refractivity contribution in [3.05, 3.63) is 64.7 Å². The molecule has 0 atom stereocenters. The Morgan fingerprint density at radius 2 is 1.79 bits per heavy atom. The summed E-state index contributed by atoms with van der Waals surface area (Å²) in [6.45, 7) is 0. The summed E-state index contributed by atoms with van der Waals surface area (Å²) in [5, 5.41) is -0.146.